The monoisotopic (exact) mass is 2090 g/mol. The van der Waals surface area contributed by atoms with E-state index in [1.807, 2.05) is 0 Å². The molecule has 0 saturated carbocycles. The van der Waals surface area contributed by atoms with Crippen LogP contribution in [0.25, 0.3) is 34.1 Å². The van der Waals surface area contributed by atoms with Gasteiger partial charge in [-0.15, -0.1) is 23.2 Å². The molecule has 7 heterocycles. The molecule has 0 radical (unpaired) electrons. The molecule has 13 rings (SSSR count). The molecule has 0 atom stereocenters. The summed E-state index contributed by atoms with van der Waals surface area (Å²) >= 11 is 9.53. The number of para-hydroxylation sites is 6. The molecule has 10 nitrogen and oxygen atoms in total. The third-order valence-electron chi connectivity index (χ3n) is 20.8. The molecule has 0 amide bonds. The summed E-state index contributed by atoms with van der Waals surface area (Å²) < 4.78 is 33.7. The predicted molar refractivity (Wildman–Crippen MR) is 468 cm³/mol. The van der Waals surface area contributed by atoms with Gasteiger partial charge in [0.25, 0.3) is 19.0 Å². The van der Waals surface area contributed by atoms with Crippen LogP contribution in [0.4, 0.5) is 0 Å². The van der Waals surface area contributed by atoms with Crippen molar-refractivity contribution in [1.82, 2.24) is 13.7 Å². The third kappa shape index (κ3) is 44.4. The summed E-state index contributed by atoms with van der Waals surface area (Å²) in [6.07, 6.45) is 30.3. The van der Waals surface area contributed by atoms with E-state index < -0.39 is 0 Å². The van der Waals surface area contributed by atoms with Gasteiger partial charge in [0.2, 0.25) is 0 Å². The van der Waals surface area contributed by atoms with E-state index in [-0.39, 0.29) is 155 Å². The van der Waals surface area contributed by atoms with Crippen LogP contribution in [0.15, 0.2) is 165 Å². The van der Waals surface area contributed by atoms with Gasteiger partial charge in [0.05, 0.1) is 5.34 Å². The first kappa shape index (κ1) is 151. The van der Waals surface area contributed by atoms with E-state index in [4.69, 9.17) is 42.1 Å². The van der Waals surface area contributed by atoms with Gasteiger partial charge in [-0.1, -0.05) is 275 Å². The first-order valence-corrected chi connectivity index (χ1v) is 43.1. The van der Waals surface area contributed by atoms with Gasteiger partial charge in [-0.25, -0.2) is 27.4 Å². The second-order valence-corrected chi connectivity index (χ2v) is 34.4. The Morgan fingerprint density at radius 1 is 0.227 bits per heavy atom. The number of halogens is 17. The first-order valence-electron chi connectivity index (χ1n) is 42.1. The Labute approximate surface area is 825 Å². The zero-order valence-electron chi connectivity index (χ0n) is 79.8. The van der Waals surface area contributed by atoms with Crippen molar-refractivity contribution >= 4 is 23.2 Å². The summed E-state index contributed by atoms with van der Waals surface area (Å²) in [6, 6.07) is 40.5. The zero-order valence-corrected chi connectivity index (χ0v) is 88.7. The average molecular weight is 2100 g/mol. The van der Waals surface area contributed by atoms with E-state index in [9.17, 15) is 0 Å². The Hall–Kier alpha value is -5.03. The molecule has 4 aliphatic rings. The number of aromatic nitrogens is 6. The van der Waals surface area contributed by atoms with Crippen molar-refractivity contribution < 1.29 is 182 Å². The van der Waals surface area contributed by atoms with Crippen LogP contribution in [0.1, 0.15) is 355 Å². The van der Waals surface area contributed by atoms with Crippen molar-refractivity contribution in [3.63, 3.8) is 0 Å². The fourth-order valence-electron chi connectivity index (χ4n) is 14.8. The number of ether oxygens (including phenoxy) is 4. The number of rotatable bonds is 18. The molecule has 4 aliphatic heterocycles. The van der Waals surface area contributed by atoms with Gasteiger partial charge in [-0.2, -0.15) is 0 Å². The van der Waals surface area contributed by atoms with Crippen LogP contribution in [0.5, 0.6) is 0 Å². The molecule has 0 unspecified atom stereocenters. The van der Waals surface area contributed by atoms with Gasteiger partial charge < -0.3 is 89.5 Å². The number of nitrogens with zero attached hydrogens (tertiary/aromatic N) is 6. The molecule has 128 heavy (non-hydrogen) atoms. The van der Waals surface area contributed by atoms with Gasteiger partial charge in [0.1, 0.15) is 71.3 Å². The zero-order chi connectivity index (χ0) is 80.7. The van der Waals surface area contributed by atoms with Gasteiger partial charge >= 0.3 is 78.6 Å². The third-order valence-corrected chi connectivity index (χ3v) is 20.8. The van der Waals surface area contributed by atoms with Crippen LogP contribution in [-0.2, 0) is 97.6 Å². The molecule has 0 aliphatic carbocycles. The quantitative estimate of drug-likeness (QED) is 0.0488. The SMILES string of the molecule is C1CCOC1.C1CCOC1.C1CCOC1.C1CCOC1.CC(C)c1cccc(C(C)C)c1-n1cc[n+](-c2c(C(C)C)cccc2C(C)C)c1.CC(C)c1cccc(C(C)C)c1-n1cc[n+](-c2c(C(C)C)cccc2C(C)C)c1.CC(C)c1cccc(C(C)C)c1-n1cc[n+](-c2c(C(C)C)cccc2C(C)C)c1.ClCCl.[F-].[F-].[F-].[F-].[F-].[F-].[F-].[F-].[F-].[F-].[F-].[F-].[F-].[F-].[F-].[Zr+4].[Zr+4].[Zr+4]. The minimum Gasteiger partial charge on any atom is -1.00 e. The molecule has 0 spiro atoms. The fourth-order valence-corrected chi connectivity index (χ4v) is 14.8. The Bertz CT molecular complexity index is 3350. The fraction of sp³-hybridized carbons (Fsp3) is 0.541. The Balaban J connectivity index is -0.000000117. The van der Waals surface area contributed by atoms with Crippen molar-refractivity contribution in [3.05, 3.63) is 232 Å². The van der Waals surface area contributed by atoms with Crippen LogP contribution in [0.2, 0.25) is 0 Å². The number of imidazole rings is 3. The first-order chi connectivity index (χ1) is 52.6. The minimum absolute atomic E-state index is 0. The summed E-state index contributed by atoms with van der Waals surface area (Å²) in [4.78, 5) is 0. The van der Waals surface area contributed by atoms with E-state index in [0.29, 0.717) is 71.0 Å². The average Bonchev–Trinajstić information content (AvgIpc) is 1.61. The van der Waals surface area contributed by atoms with Crippen LogP contribution >= 0.6 is 23.2 Å². The molecule has 0 bridgehead atoms. The standard InChI is InChI=1S/3C27H37N2.4C4H8O.CH2Cl2.15FH.3Zr/c3*1-18(2)22-11-9-12-23(19(3)4)26(22)28-15-16-29(17-28)27-24(20(5)6)13-10-14-25(27)21(7)8;4*1-2-4-5-3-1;2-1-3;;;;;;;;;;;;;;;;;;/h3*9-21H,1-8H3;4*1-4H2;1H2;15*1H;;;/q3*+1;;;;;;;;;;;;;;;;;;;;;3*+4/p-15. The molecular weight excluding hydrogens is 1950 g/mol. The van der Waals surface area contributed by atoms with Crippen molar-refractivity contribution in [3.8, 4) is 34.1 Å². The summed E-state index contributed by atoms with van der Waals surface area (Å²) in [7, 11) is 0. The maximum atomic E-state index is 4.94. The van der Waals surface area contributed by atoms with E-state index in [1.54, 1.807) is 0 Å². The van der Waals surface area contributed by atoms with Crippen molar-refractivity contribution in [2.45, 2.75) is 289 Å². The maximum absolute atomic E-state index is 4.94. The van der Waals surface area contributed by atoms with E-state index >= 15 is 0 Å². The van der Waals surface area contributed by atoms with E-state index in [1.165, 1.54) is 152 Å². The van der Waals surface area contributed by atoms with Crippen LogP contribution in [0.3, 0.4) is 0 Å². The smallest absolute Gasteiger partial charge is 1.00 e. The molecule has 3 aromatic heterocycles. The van der Waals surface area contributed by atoms with Gasteiger partial charge in [-0.05, 0) is 122 Å². The minimum atomic E-state index is 0. The molecule has 4 saturated heterocycles. The largest absolute Gasteiger partial charge is 4.00 e. The normalized spacial score (nSPS) is 12.0. The maximum Gasteiger partial charge on any atom is 4.00 e. The van der Waals surface area contributed by atoms with E-state index in [2.05, 4.69) is 359 Å². The molecule has 30 heteroatoms. The molecule has 722 valence electrons. The van der Waals surface area contributed by atoms with Crippen molar-refractivity contribution in [2.24, 2.45) is 0 Å². The Morgan fingerprint density at radius 3 is 0.445 bits per heavy atom. The molecule has 9 aromatic rings. The summed E-state index contributed by atoms with van der Waals surface area (Å²) in [5.74, 6) is 5.76. The molecule has 0 N–H and O–H groups in total. The van der Waals surface area contributed by atoms with Gasteiger partial charge in [0, 0.05) is 120 Å². The van der Waals surface area contributed by atoms with Crippen LogP contribution in [0, 0.1) is 0 Å². The second-order valence-electron chi connectivity index (χ2n) is 33.6. The van der Waals surface area contributed by atoms with E-state index in [0.717, 1.165) is 52.9 Å². The Kier molecular flexibility index (Phi) is 92.5. The second kappa shape index (κ2) is 78.3. The summed E-state index contributed by atoms with van der Waals surface area (Å²) in [5, 5.41) is 0.194. The molecular formula is C98H145Cl2F15N6O4Zr3. The topological polar surface area (TPSA) is 63.4 Å². The number of benzene rings is 6. The van der Waals surface area contributed by atoms with Crippen LogP contribution < -0.4 is 84.3 Å². The van der Waals surface area contributed by atoms with Crippen molar-refractivity contribution in [2.75, 3.05) is 58.2 Å². The summed E-state index contributed by atoms with van der Waals surface area (Å²) in [5.41, 5.74) is 24.9. The molecule has 6 aromatic carbocycles. The van der Waals surface area contributed by atoms with Crippen molar-refractivity contribution in [1.29, 1.82) is 0 Å². The predicted octanol–water partition coefficient (Wildman–Crippen LogP) is -18.6. The van der Waals surface area contributed by atoms with Gasteiger partial charge in [0.15, 0.2) is 0 Å². The number of alkyl halides is 2. The summed E-state index contributed by atoms with van der Waals surface area (Å²) in [6.45, 7) is 62.8. The number of hydrogen-bond donors (Lipinski definition) is 0. The van der Waals surface area contributed by atoms with Gasteiger partial charge in [-0.3, -0.25) is 0 Å². The Morgan fingerprint density at radius 2 is 0.344 bits per heavy atom. The van der Waals surface area contributed by atoms with Crippen LogP contribution in [-0.4, -0.2) is 71.9 Å². The molecule has 4 fully saturated rings. The number of hydrogen-bond acceptors (Lipinski definition) is 4.